The molecule has 0 amide bonds. The third-order valence-electron chi connectivity index (χ3n) is 2.01. The van der Waals surface area contributed by atoms with Crippen LogP contribution in [0.5, 0.6) is 0 Å². The fourth-order valence-corrected chi connectivity index (χ4v) is 0.867. The van der Waals surface area contributed by atoms with Crippen LogP contribution in [-0.2, 0) is 23.9 Å². The summed E-state index contributed by atoms with van der Waals surface area (Å²) in [5, 5.41) is 7.60. The molecule has 0 aromatic carbocycles. The highest BCUT2D eigenvalue weighted by atomic mass is 16.5. The summed E-state index contributed by atoms with van der Waals surface area (Å²) < 4.78 is 9.65. The number of carbonyl (C=O) groups excluding carboxylic acids is 2. The van der Waals surface area contributed by atoms with Crippen molar-refractivity contribution in [2.75, 3.05) is 13.2 Å². The van der Waals surface area contributed by atoms with Gasteiger partial charge in [0.1, 0.15) is 0 Å². The van der Waals surface area contributed by atoms with Crippen LogP contribution in [0.3, 0.4) is 0 Å². The summed E-state index contributed by atoms with van der Waals surface area (Å²) in [6.45, 7) is 7.76. The Morgan fingerprint density at radius 3 is 1.52 bits per heavy atom. The van der Waals surface area contributed by atoms with Crippen molar-refractivity contribution in [2.24, 2.45) is 0 Å². The van der Waals surface area contributed by atoms with Crippen LogP contribution in [0, 0.1) is 0 Å². The van der Waals surface area contributed by atoms with Crippen LogP contribution in [-0.4, -0.2) is 36.2 Å². The van der Waals surface area contributed by atoms with Crippen molar-refractivity contribution in [2.45, 2.75) is 39.5 Å². The van der Waals surface area contributed by atoms with Gasteiger partial charge in [-0.1, -0.05) is 33.3 Å². The molecule has 0 fully saturated rings. The third kappa shape index (κ3) is 20.4. The lowest BCUT2D eigenvalue weighted by atomic mass is 10.4. The zero-order valence-electron chi connectivity index (χ0n) is 12.7. The van der Waals surface area contributed by atoms with Gasteiger partial charge in [-0.15, -0.1) is 0 Å². The molecular formula is C15H24O6. The van der Waals surface area contributed by atoms with Gasteiger partial charge < -0.3 is 14.6 Å². The SMILES string of the molecule is C=CC(=O)O.CCCCOC(=O)C=CC(=O)OCCCC. The van der Waals surface area contributed by atoms with Crippen LogP contribution in [0.2, 0.25) is 0 Å². The lowest BCUT2D eigenvalue weighted by Crippen LogP contribution is -2.05. The van der Waals surface area contributed by atoms with Gasteiger partial charge in [-0.25, -0.2) is 14.4 Å². The third-order valence-corrected chi connectivity index (χ3v) is 2.01. The van der Waals surface area contributed by atoms with Crippen LogP contribution in [0.15, 0.2) is 24.8 Å². The monoisotopic (exact) mass is 300 g/mol. The predicted molar refractivity (Wildman–Crippen MR) is 78.7 cm³/mol. The topological polar surface area (TPSA) is 89.9 Å². The Morgan fingerprint density at radius 2 is 1.29 bits per heavy atom. The predicted octanol–water partition coefficient (Wildman–Crippen LogP) is 2.49. The Morgan fingerprint density at radius 1 is 0.952 bits per heavy atom. The fraction of sp³-hybridized carbons (Fsp3) is 0.533. The molecule has 0 heterocycles. The van der Waals surface area contributed by atoms with E-state index in [-0.39, 0.29) is 0 Å². The van der Waals surface area contributed by atoms with Crippen molar-refractivity contribution >= 4 is 17.9 Å². The minimum absolute atomic E-state index is 0.393. The molecule has 0 aliphatic carbocycles. The van der Waals surface area contributed by atoms with Gasteiger partial charge in [-0.2, -0.15) is 0 Å². The number of aliphatic carboxylic acids is 1. The summed E-state index contributed by atoms with van der Waals surface area (Å²) in [6, 6.07) is 0. The first-order valence-electron chi connectivity index (χ1n) is 6.84. The normalized spacial score (nSPS) is 9.43. The van der Waals surface area contributed by atoms with Crippen LogP contribution in [0.1, 0.15) is 39.5 Å². The molecule has 1 N–H and O–H groups in total. The summed E-state index contributed by atoms with van der Waals surface area (Å²) >= 11 is 0. The number of carboxylic acid groups (broad SMARTS) is 1. The molecule has 0 aliphatic rings. The molecule has 0 spiro atoms. The summed E-state index contributed by atoms with van der Waals surface area (Å²) in [5.41, 5.74) is 0. The van der Waals surface area contributed by atoms with Crippen molar-refractivity contribution in [3.8, 4) is 0 Å². The number of esters is 2. The van der Waals surface area contributed by atoms with E-state index in [2.05, 4.69) is 6.58 Å². The molecule has 120 valence electrons. The van der Waals surface area contributed by atoms with Crippen molar-refractivity contribution in [1.82, 2.24) is 0 Å². The van der Waals surface area contributed by atoms with E-state index in [0.717, 1.165) is 43.9 Å². The molecule has 0 unspecified atom stereocenters. The van der Waals surface area contributed by atoms with Gasteiger partial charge >= 0.3 is 17.9 Å². The van der Waals surface area contributed by atoms with Crippen LogP contribution >= 0.6 is 0 Å². The van der Waals surface area contributed by atoms with E-state index in [1.165, 1.54) is 0 Å². The quantitative estimate of drug-likeness (QED) is 0.400. The van der Waals surface area contributed by atoms with E-state index in [9.17, 15) is 14.4 Å². The van der Waals surface area contributed by atoms with E-state index in [0.29, 0.717) is 13.2 Å². The Kier molecular flexibility index (Phi) is 16.1. The molecule has 0 aromatic rings. The number of carbonyl (C=O) groups is 3. The van der Waals surface area contributed by atoms with E-state index in [1.807, 2.05) is 13.8 Å². The second kappa shape index (κ2) is 15.9. The number of ether oxygens (including phenoxy) is 2. The summed E-state index contributed by atoms with van der Waals surface area (Å²) in [7, 11) is 0. The van der Waals surface area contributed by atoms with Gasteiger partial charge in [0, 0.05) is 18.2 Å². The number of hydrogen-bond donors (Lipinski definition) is 1. The second-order valence-corrected chi connectivity index (χ2v) is 3.92. The Labute approximate surface area is 125 Å². The van der Waals surface area contributed by atoms with Gasteiger partial charge in [0.2, 0.25) is 0 Å². The van der Waals surface area contributed by atoms with Crippen molar-refractivity contribution in [3.63, 3.8) is 0 Å². The average molecular weight is 300 g/mol. The molecular weight excluding hydrogens is 276 g/mol. The highest BCUT2D eigenvalue weighted by molar-refractivity contribution is 5.91. The van der Waals surface area contributed by atoms with Crippen molar-refractivity contribution < 1.29 is 29.0 Å². The van der Waals surface area contributed by atoms with Gasteiger partial charge in [0.05, 0.1) is 13.2 Å². The Balaban J connectivity index is 0. The molecule has 21 heavy (non-hydrogen) atoms. The molecule has 0 aliphatic heterocycles. The highest BCUT2D eigenvalue weighted by Gasteiger charge is 2.00. The Bertz CT molecular complexity index is 322. The van der Waals surface area contributed by atoms with Gasteiger partial charge in [-0.3, -0.25) is 0 Å². The van der Waals surface area contributed by atoms with Crippen LogP contribution in [0.4, 0.5) is 0 Å². The molecule has 0 rings (SSSR count). The van der Waals surface area contributed by atoms with Crippen molar-refractivity contribution in [1.29, 1.82) is 0 Å². The number of hydrogen-bond acceptors (Lipinski definition) is 5. The lowest BCUT2D eigenvalue weighted by molar-refractivity contribution is -0.140. The molecule has 6 nitrogen and oxygen atoms in total. The maximum Gasteiger partial charge on any atom is 0.331 e. The number of unbranched alkanes of at least 4 members (excludes halogenated alkanes) is 2. The average Bonchev–Trinajstić information content (AvgIpc) is 2.46. The van der Waals surface area contributed by atoms with Crippen molar-refractivity contribution in [3.05, 3.63) is 24.8 Å². The molecule has 0 bridgehead atoms. The van der Waals surface area contributed by atoms with Gasteiger partial charge in [0.25, 0.3) is 0 Å². The van der Waals surface area contributed by atoms with E-state index in [1.54, 1.807) is 0 Å². The minimum Gasteiger partial charge on any atom is -0.478 e. The van der Waals surface area contributed by atoms with Gasteiger partial charge in [0.15, 0.2) is 0 Å². The van der Waals surface area contributed by atoms with Gasteiger partial charge in [-0.05, 0) is 12.8 Å². The zero-order chi connectivity index (χ0) is 16.5. The van der Waals surface area contributed by atoms with E-state index < -0.39 is 17.9 Å². The largest absolute Gasteiger partial charge is 0.478 e. The maximum atomic E-state index is 11.0. The lowest BCUT2D eigenvalue weighted by Gasteiger charge is -2.00. The van der Waals surface area contributed by atoms with E-state index >= 15 is 0 Å². The first kappa shape index (κ1) is 21.2. The number of carboxylic acids is 1. The molecule has 0 saturated carbocycles. The zero-order valence-corrected chi connectivity index (χ0v) is 12.7. The summed E-state index contributed by atoms with van der Waals surface area (Å²) in [4.78, 5) is 31.3. The Hall–Kier alpha value is -2.11. The second-order valence-electron chi connectivity index (χ2n) is 3.92. The molecule has 0 aromatic heterocycles. The molecule has 0 radical (unpaired) electrons. The summed E-state index contributed by atoms with van der Waals surface area (Å²) in [6.07, 6.45) is 6.64. The maximum absolute atomic E-state index is 11.0. The molecule has 6 heteroatoms. The number of rotatable bonds is 9. The molecule has 0 saturated heterocycles. The molecule has 0 atom stereocenters. The summed E-state index contributed by atoms with van der Waals surface area (Å²) in [5.74, 6) is -1.98. The van der Waals surface area contributed by atoms with Crippen LogP contribution in [0.25, 0.3) is 0 Å². The smallest absolute Gasteiger partial charge is 0.331 e. The fourth-order valence-electron chi connectivity index (χ4n) is 0.867. The van der Waals surface area contributed by atoms with E-state index in [4.69, 9.17) is 14.6 Å². The van der Waals surface area contributed by atoms with Crippen LogP contribution < -0.4 is 0 Å². The highest BCUT2D eigenvalue weighted by Crippen LogP contribution is 1.92. The first-order chi connectivity index (χ1) is 9.97. The standard InChI is InChI=1S/C12H20O4.C3H4O2/c1-3-5-9-15-11(13)7-8-12(14)16-10-6-4-2;1-2-3(4)5/h7-8H,3-6,9-10H2,1-2H3;2H,1H2,(H,4,5). The minimum atomic E-state index is -0.981. The first-order valence-corrected chi connectivity index (χ1v) is 6.84.